The minimum Gasteiger partial charge on any atom is -0.454 e. The highest BCUT2D eigenvalue weighted by atomic mass is 32.2. The number of ether oxygens (including phenoxy) is 1. The molecule has 0 radical (unpaired) electrons. The Labute approximate surface area is 391 Å². The lowest BCUT2D eigenvalue weighted by Crippen LogP contribution is -2.63. The monoisotopic (exact) mass is 936 g/mol. The Balaban J connectivity index is 0.995. The number of aromatic amines is 1. The van der Waals surface area contributed by atoms with Crippen molar-refractivity contribution in [3.05, 3.63) is 112 Å². The van der Waals surface area contributed by atoms with Gasteiger partial charge in [0.1, 0.15) is 27.8 Å². The van der Waals surface area contributed by atoms with Crippen molar-refractivity contribution in [3.63, 3.8) is 0 Å². The second-order valence-corrected chi connectivity index (χ2v) is 20.8. The van der Waals surface area contributed by atoms with Crippen LogP contribution in [-0.4, -0.2) is 88.6 Å². The summed E-state index contributed by atoms with van der Waals surface area (Å²) in [5, 5.41) is 25.4. The molecule has 2 saturated heterocycles. The topological polar surface area (TPSA) is 196 Å². The number of carbonyl (C=O) groups is 1. The van der Waals surface area contributed by atoms with Gasteiger partial charge < -0.3 is 25.0 Å². The zero-order valence-electron chi connectivity index (χ0n) is 38.7. The number of hydrogen-bond donors (Lipinski definition) is 4. The number of nitrogens with one attached hydrogen (secondary N) is 3. The van der Waals surface area contributed by atoms with Crippen molar-refractivity contribution in [1.82, 2.24) is 24.6 Å². The van der Waals surface area contributed by atoms with Crippen molar-refractivity contribution in [2.24, 2.45) is 5.41 Å². The standard InChI is InChI=1S/C50H61FN8O7S/c1-6-41-45(27-39-40(51)29-54-46(39)55-41)66-44-25-33(57-23-20-50(21-24-57)30-58(31-50)42-16-12-15-37(42)36-14-9-8-13-35(36)32(3)4)17-18-38(44)48(60)56-67(64,65)34-26-43(59(62)63)47(53-28-34)52-22-11-10-19-49(5,61)7-2/h6,8-9,13-14,17-18,25-29,32,37,42,61H,1,7,10-12,15-16,19-24,30-31H2,2-5H3,(H,52,53)(H,54,55)(H,56,60)/t37-,42-,49-/m1/s1. The highest BCUT2D eigenvalue weighted by Gasteiger charge is 2.49. The Bertz CT molecular complexity index is 2760. The summed E-state index contributed by atoms with van der Waals surface area (Å²) in [5.74, 6) is -0.667. The largest absolute Gasteiger partial charge is 0.454 e. The van der Waals surface area contributed by atoms with Crippen LogP contribution in [0, 0.1) is 21.3 Å². The maximum Gasteiger partial charge on any atom is 0.312 e. The van der Waals surface area contributed by atoms with Gasteiger partial charge in [-0.2, -0.15) is 0 Å². The van der Waals surface area contributed by atoms with Gasteiger partial charge in [-0.3, -0.25) is 19.8 Å². The number of piperidine rings is 1. The summed E-state index contributed by atoms with van der Waals surface area (Å²) in [5.41, 5.74) is 2.89. The Hall–Kier alpha value is -5.91. The average Bonchev–Trinajstić information content (AvgIpc) is 3.93. The molecule has 1 amide bonds. The molecule has 17 heteroatoms. The van der Waals surface area contributed by atoms with Gasteiger partial charge in [0.2, 0.25) is 5.82 Å². The van der Waals surface area contributed by atoms with Gasteiger partial charge in [0.05, 0.1) is 27.7 Å². The molecule has 2 aromatic carbocycles. The Morgan fingerprint density at radius 1 is 1.13 bits per heavy atom. The molecule has 2 aliphatic heterocycles. The molecule has 3 atom stereocenters. The highest BCUT2D eigenvalue weighted by Crippen LogP contribution is 2.49. The number of unbranched alkanes of at least 4 members (excludes halogenated alkanes) is 1. The number of H-pyrrole nitrogens is 1. The van der Waals surface area contributed by atoms with Gasteiger partial charge >= 0.3 is 5.69 Å². The average molecular weight is 937 g/mol. The van der Waals surface area contributed by atoms with Crippen LogP contribution in [0.25, 0.3) is 17.1 Å². The Morgan fingerprint density at radius 2 is 1.90 bits per heavy atom. The molecule has 5 aromatic rings. The summed E-state index contributed by atoms with van der Waals surface area (Å²) in [4.78, 5) is 41.0. The molecular formula is C50H61FN8O7S. The molecule has 1 saturated carbocycles. The number of aliphatic hydroxyl groups is 1. The predicted molar refractivity (Wildman–Crippen MR) is 258 cm³/mol. The predicted octanol–water partition coefficient (Wildman–Crippen LogP) is 9.66. The van der Waals surface area contributed by atoms with E-state index in [1.165, 1.54) is 54.8 Å². The fourth-order valence-electron chi connectivity index (χ4n) is 10.2. The number of fused-ring (bicyclic) bond motifs is 1. The first kappa shape index (κ1) is 47.6. The Kier molecular flexibility index (Phi) is 13.8. The van der Waals surface area contributed by atoms with Crippen LogP contribution in [0.4, 0.5) is 21.6 Å². The summed E-state index contributed by atoms with van der Waals surface area (Å²) < 4.78 is 50.7. The lowest BCUT2D eigenvalue weighted by molar-refractivity contribution is -0.384. The zero-order chi connectivity index (χ0) is 47.7. The SMILES string of the molecule is C=Cc1nc2[nH]cc(F)c2cc1Oc1cc(N2CCC3(CC2)CN([C@@H]2CCC[C@@H]2c2ccccc2C(C)C)C3)ccc1C(=O)NS(=O)(=O)c1cnc(NCCCC[C@](C)(O)CC)c([N+](=O)[O-])c1. The number of likely N-dealkylation sites (tertiary alicyclic amines) is 1. The molecule has 1 aliphatic carbocycles. The number of rotatable bonds is 18. The summed E-state index contributed by atoms with van der Waals surface area (Å²) in [7, 11) is -4.71. The molecule has 15 nitrogen and oxygen atoms in total. The number of hydrogen-bond acceptors (Lipinski definition) is 12. The summed E-state index contributed by atoms with van der Waals surface area (Å²) >= 11 is 0. The molecule has 8 rings (SSSR count). The van der Waals surface area contributed by atoms with Gasteiger partial charge in [-0.25, -0.2) is 27.5 Å². The second kappa shape index (κ2) is 19.4. The third kappa shape index (κ3) is 10.2. The van der Waals surface area contributed by atoms with E-state index in [4.69, 9.17) is 4.74 Å². The summed E-state index contributed by atoms with van der Waals surface area (Å²) in [6, 6.07) is 16.7. The van der Waals surface area contributed by atoms with Crippen LogP contribution in [0.1, 0.15) is 124 Å². The van der Waals surface area contributed by atoms with Crippen molar-refractivity contribution in [1.29, 1.82) is 0 Å². The van der Waals surface area contributed by atoms with Crippen LogP contribution in [0.15, 0.2) is 78.5 Å². The number of pyridine rings is 2. The smallest absolute Gasteiger partial charge is 0.312 e. The number of nitro groups is 1. The molecule has 4 N–H and O–H groups in total. The van der Waals surface area contributed by atoms with Gasteiger partial charge in [-0.15, -0.1) is 0 Å². The van der Waals surface area contributed by atoms with Crippen LogP contribution < -0.4 is 19.7 Å². The first-order valence-corrected chi connectivity index (χ1v) is 24.9. The molecular weight excluding hydrogens is 876 g/mol. The molecule has 67 heavy (non-hydrogen) atoms. The van der Waals surface area contributed by atoms with E-state index < -0.39 is 42.9 Å². The van der Waals surface area contributed by atoms with Crippen molar-refractivity contribution in [2.75, 3.05) is 42.9 Å². The van der Waals surface area contributed by atoms with Crippen molar-refractivity contribution in [2.45, 2.75) is 114 Å². The van der Waals surface area contributed by atoms with Crippen molar-refractivity contribution < 1.29 is 32.4 Å². The number of benzene rings is 2. The lowest BCUT2D eigenvalue weighted by Gasteiger charge is -2.57. The van der Waals surface area contributed by atoms with Crippen LogP contribution >= 0.6 is 0 Å². The molecule has 356 valence electrons. The van der Waals surface area contributed by atoms with E-state index in [0.29, 0.717) is 50.1 Å². The van der Waals surface area contributed by atoms with Crippen molar-refractivity contribution in [3.8, 4) is 11.5 Å². The number of anilines is 2. The van der Waals surface area contributed by atoms with Crippen LogP contribution in [0.2, 0.25) is 0 Å². The van der Waals surface area contributed by atoms with Crippen LogP contribution in [0.3, 0.4) is 0 Å². The maximum absolute atomic E-state index is 14.8. The highest BCUT2D eigenvalue weighted by molar-refractivity contribution is 7.90. The van der Waals surface area contributed by atoms with Crippen LogP contribution in [-0.2, 0) is 10.0 Å². The van der Waals surface area contributed by atoms with Gasteiger partial charge in [0, 0.05) is 62.8 Å². The van der Waals surface area contributed by atoms with Gasteiger partial charge in [0.25, 0.3) is 15.9 Å². The molecule has 3 aliphatic rings. The number of carbonyl (C=O) groups excluding carboxylic acids is 1. The van der Waals surface area contributed by atoms with E-state index >= 15 is 0 Å². The summed E-state index contributed by atoms with van der Waals surface area (Å²) in [6.45, 7) is 16.0. The van der Waals surface area contributed by atoms with Crippen molar-refractivity contribution >= 4 is 50.2 Å². The molecule has 0 unspecified atom stereocenters. The van der Waals surface area contributed by atoms with Gasteiger partial charge in [-0.1, -0.05) is 58.0 Å². The molecule has 0 bridgehead atoms. The number of amides is 1. The lowest BCUT2D eigenvalue weighted by atomic mass is 9.70. The number of aromatic nitrogens is 3. The molecule has 5 heterocycles. The fraction of sp³-hybridized carbons (Fsp3) is 0.460. The van der Waals surface area contributed by atoms with Gasteiger partial charge in [-0.05, 0) is 111 Å². The quantitative estimate of drug-likeness (QED) is 0.0370. The third-order valence-corrected chi connectivity index (χ3v) is 15.5. The normalized spacial score (nSPS) is 19.3. The van der Waals surface area contributed by atoms with E-state index in [2.05, 4.69) is 74.8 Å². The molecule has 3 aromatic heterocycles. The van der Waals surface area contributed by atoms with E-state index in [1.54, 1.807) is 19.1 Å². The molecule has 1 spiro atoms. The van der Waals surface area contributed by atoms with Gasteiger partial charge in [0.15, 0.2) is 5.75 Å². The van der Waals surface area contributed by atoms with E-state index in [0.717, 1.165) is 57.0 Å². The van der Waals surface area contributed by atoms with E-state index in [-0.39, 0.29) is 45.0 Å². The number of sulfonamides is 1. The minimum absolute atomic E-state index is 0.0152. The maximum atomic E-state index is 14.8. The Morgan fingerprint density at radius 3 is 2.61 bits per heavy atom. The zero-order valence-corrected chi connectivity index (χ0v) is 39.5. The van der Waals surface area contributed by atoms with Crippen LogP contribution in [0.5, 0.6) is 11.5 Å². The number of halogens is 1. The minimum atomic E-state index is -4.71. The summed E-state index contributed by atoms with van der Waals surface area (Å²) in [6.07, 6.45) is 11.5. The third-order valence-electron chi connectivity index (χ3n) is 14.2. The first-order chi connectivity index (χ1) is 32.0. The first-order valence-electron chi connectivity index (χ1n) is 23.4. The number of nitrogens with zero attached hydrogens (tertiary/aromatic N) is 5. The fourth-order valence-corrected chi connectivity index (χ4v) is 11.1. The van der Waals surface area contributed by atoms with E-state index in [1.807, 2.05) is 11.6 Å². The van der Waals surface area contributed by atoms with E-state index in [9.17, 15) is 32.8 Å². The molecule has 3 fully saturated rings. The second-order valence-electron chi connectivity index (χ2n) is 19.1.